The van der Waals surface area contributed by atoms with E-state index in [0.29, 0.717) is 24.7 Å². The van der Waals surface area contributed by atoms with Gasteiger partial charge in [-0.2, -0.15) is 0 Å². The number of hydrogen-bond acceptors (Lipinski definition) is 3. The zero-order valence-corrected chi connectivity index (χ0v) is 15.1. The molecule has 0 heterocycles. The van der Waals surface area contributed by atoms with Gasteiger partial charge in [-0.3, -0.25) is 0 Å². The maximum atomic E-state index is 11.1. The molecule has 0 amide bonds. The van der Waals surface area contributed by atoms with Gasteiger partial charge >= 0.3 is 0 Å². The highest BCUT2D eigenvalue weighted by Crippen LogP contribution is 2.58. The molecule has 0 unspecified atom stereocenters. The van der Waals surface area contributed by atoms with Gasteiger partial charge in [0.2, 0.25) is 0 Å². The molecule has 3 heteroatoms. The van der Waals surface area contributed by atoms with Gasteiger partial charge in [0, 0.05) is 12.5 Å². The lowest BCUT2D eigenvalue weighted by molar-refractivity contribution is -0.0709. The van der Waals surface area contributed by atoms with Crippen molar-refractivity contribution < 1.29 is 15.3 Å². The van der Waals surface area contributed by atoms with Crippen molar-refractivity contribution in [2.75, 3.05) is 6.61 Å². The number of hydrogen-bond donors (Lipinski definition) is 3. The SMILES string of the molecule is CC(C)[C@H]1CC[C@]2(C)C[C@H]3[C@@H](CO)C[C@@H](O)[C@H]3[C@](C)(O)CC=C12. The van der Waals surface area contributed by atoms with Crippen LogP contribution in [0.5, 0.6) is 0 Å². The minimum absolute atomic E-state index is 0.118. The van der Waals surface area contributed by atoms with Crippen molar-refractivity contribution >= 4 is 0 Å². The highest BCUT2D eigenvalue weighted by atomic mass is 16.3. The minimum Gasteiger partial charge on any atom is -0.396 e. The summed E-state index contributed by atoms with van der Waals surface area (Å²) in [6.45, 7) is 8.97. The lowest BCUT2D eigenvalue weighted by Crippen LogP contribution is -2.45. The topological polar surface area (TPSA) is 60.7 Å². The Kier molecular flexibility index (Phi) is 4.44. The first-order chi connectivity index (χ1) is 10.7. The van der Waals surface area contributed by atoms with E-state index < -0.39 is 11.7 Å². The van der Waals surface area contributed by atoms with Gasteiger partial charge in [0.1, 0.15) is 0 Å². The van der Waals surface area contributed by atoms with E-state index >= 15 is 0 Å². The molecule has 2 saturated carbocycles. The predicted octanol–water partition coefficient (Wildman–Crippen LogP) is 3.14. The lowest BCUT2D eigenvalue weighted by Gasteiger charge is -2.43. The van der Waals surface area contributed by atoms with Crippen LogP contribution in [-0.2, 0) is 0 Å². The number of rotatable bonds is 2. The minimum atomic E-state index is -0.882. The zero-order valence-electron chi connectivity index (χ0n) is 15.1. The molecule has 0 aromatic carbocycles. The Morgan fingerprint density at radius 2 is 2.00 bits per heavy atom. The van der Waals surface area contributed by atoms with E-state index in [2.05, 4.69) is 26.8 Å². The normalized spacial score (nSPS) is 50.3. The quantitative estimate of drug-likeness (QED) is 0.685. The molecule has 0 aromatic heterocycles. The highest BCUT2D eigenvalue weighted by molar-refractivity contribution is 5.26. The Morgan fingerprint density at radius 1 is 1.30 bits per heavy atom. The molecule has 3 rings (SSSR count). The van der Waals surface area contributed by atoms with Gasteiger partial charge in [-0.05, 0) is 68.1 Å². The first kappa shape index (κ1) is 17.4. The molecule has 0 aromatic rings. The average molecular weight is 322 g/mol. The van der Waals surface area contributed by atoms with Crippen LogP contribution < -0.4 is 0 Å². The summed E-state index contributed by atoms with van der Waals surface area (Å²) < 4.78 is 0. The Balaban J connectivity index is 2.01. The standard InChI is InChI=1S/C20H34O3/c1-12(2)14-5-7-19(3)10-15-13(11-21)9-17(22)18(15)20(4,23)8-6-16(14)19/h6,12-15,17-18,21-23H,5,7-11H2,1-4H3/t13-,14-,15+,17-,18+,19-,20-/m1/s1. The van der Waals surface area contributed by atoms with Crippen LogP contribution in [0.2, 0.25) is 0 Å². The van der Waals surface area contributed by atoms with Gasteiger partial charge in [-0.15, -0.1) is 0 Å². The van der Waals surface area contributed by atoms with E-state index in [-0.39, 0.29) is 29.8 Å². The van der Waals surface area contributed by atoms with Crippen LogP contribution in [0.3, 0.4) is 0 Å². The van der Waals surface area contributed by atoms with Gasteiger partial charge in [0.05, 0.1) is 11.7 Å². The summed E-state index contributed by atoms with van der Waals surface area (Å²) in [5.74, 6) is 1.46. The maximum absolute atomic E-state index is 11.1. The summed E-state index contributed by atoms with van der Waals surface area (Å²) in [5.41, 5.74) is 0.822. The summed E-state index contributed by atoms with van der Waals surface area (Å²) in [6.07, 6.45) is 6.47. The van der Waals surface area contributed by atoms with Crippen LogP contribution in [0, 0.1) is 35.0 Å². The van der Waals surface area contributed by atoms with Crippen LogP contribution in [-0.4, -0.2) is 33.6 Å². The van der Waals surface area contributed by atoms with Crippen LogP contribution >= 0.6 is 0 Å². The third-order valence-electron chi connectivity index (χ3n) is 7.31. The van der Waals surface area contributed by atoms with Crippen molar-refractivity contribution in [2.24, 2.45) is 35.0 Å². The monoisotopic (exact) mass is 322 g/mol. The highest BCUT2D eigenvalue weighted by Gasteiger charge is 2.55. The second-order valence-electron chi connectivity index (χ2n) is 9.31. The number of aliphatic hydroxyl groups excluding tert-OH is 2. The molecular weight excluding hydrogens is 288 g/mol. The van der Waals surface area contributed by atoms with Crippen LogP contribution in [0.4, 0.5) is 0 Å². The summed E-state index contributed by atoms with van der Waals surface area (Å²) in [4.78, 5) is 0. The third kappa shape index (κ3) is 2.79. The first-order valence-corrected chi connectivity index (χ1v) is 9.41. The second kappa shape index (κ2) is 5.86. The molecule has 0 aliphatic heterocycles. The first-order valence-electron chi connectivity index (χ1n) is 9.41. The predicted molar refractivity (Wildman–Crippen MR) is 91.8 cm³/mol. The van der Waals surface area contributed by atoms with Gasteiger partial charge < -0.3 is 15.3 Å². The van der Waals surface area contributed by atoms with Gasteiger partial charge in [0.15, 0.2) is 0 Å². The Labute approximate surface area is 140 Å². The Bertz CT molecular complexity index is 481. The molecule has 3 N–H and O–H groups in total. The lowest BCUT2D eigenvalue weighted by atomic mass is 9.64. The second-order valence-corrected chi connectivity index (χ2v) is 9.31. The van der Waals surface area contributed by atoms with Crippen molar-refractivity contribution in [2.45, 2.75) is 71.5 Å². The average Bonchev–Trinajstić information content (AvgIpc) is 2.93. The zero-order chi connectivity index (χ0) is 17.0. The molecule has 7 atom stereocenters. The maximum Gasteiger partial charge on any atom is 0.0709 e. The van der Waals surface area contributed by atoms with Crippen molar-refractivity contribution in [1.82, 2.24) is 0 Å². The molecule has 3 aliphatic rings. The number of aliphatic hydroxyl groups is 3. The van der Waals surface area contributed by atoms with Crippen LogP contribution in [0.25, 0.3) is 0 Å². The molecule has 0 radical (unpaired) electrons. The Hall–Kier alpha value is -0.380. The van der Waals surface area contributed by atoms with Gasteiger partial charge in [-0.25, -0.2) is 0 Å². The number of allylic oxidation sites excluding steroid dienone is 1. The molecule has 132 valence electrons. The molecule has 0 bridgehead atoms. The number of fused-ring (bicyclic) bond motifs is 2. The van der Waals surface area contributed by atoms with Gasteiger partial charge in [-0.1, -0.05) is 32.4 Å². The largest absolute Gasteiger partial charge is 0.396 e. The fourth-order valence-corrected chi connectivity index (χ4v) is 6.09. The van der Waals surface area contributed by atoms with Crippen molar-refractivity contribution in [3.8, 4) is 0 Å². The molecule has 23 heavy (non-hydrogen) atoms. The van der Waals surface area contributed by atoms with Crippen molar-refractivity contribution in [1.29, 1.82) is 0 Å². The van der Waals surface area contributed by atoms with E-state index in [9.17, 15) is 15.3 Å². The van der Waals surface area contributed by atoms with E-state index in [4.69, 9.17) is 0 Å². The summed E-state index contributed by atoms with van der Waals surface area (Å²) in [7, 11) is 0. The molecule has 2 fully saturated rings. The summed E-state index contributed by atoms with van der Waals surface area (Å²) in [5, 5.41) is 31.4. The fourth-order valence-electron chi connectivity index (χ4n) is 6.09. The summed E-state index contributed by atoms with van der Waals surface area (Å²) >= 11 is 0. The molecular formula is C20H34O3. The smallest absolute Gasteiger partial charge is 0.0709 e. The van der Waals surface area contributed by atoms with Crippen LogP contribution in [0.1, 0.15) is 59.8 Å². The molecule has 3 nitrogen and oxygen atoms in total. The summed E-state index contributed by atoms with van der Waals surface area (Å²) in [6, 6.07) is 0. The van der Waals surface area contributed by atoms with Crippen molar-refractivity contribution in [3.63, 3.8) is 0 Å². The fraction of sp³-hybridized carbons (Fsp3) is 0.900. The third-order valence-corrected chi connectivity index (χ3v) is 7.31. The van der Waals surface area contributed by atoms with E-state index in [0.717, 1.165) is 6.42 Å². The molecule has 0 saturated heterocycles. The van der Waals surface area contributed by atoms with Crippen LogP contribution in [0.15, 0.2) is 11.6 Å². The van der Waals surface area contributed by atoms with E-state index in [1.54, 1.807) is 0 Å². The molecule has 0 spiro atoms. The van der Waals surface area contributed by atoms with Crippen molar-refractivity contribution in [3.05, 3.63) is 11.6 Å². The Morgan fingerprint density at radius 3 is 2.61 bits per heavy atom. The molecule has 3 aliphatic carbocycles. The van der Waals surface area contributed by atoms with Gasteiger partial charge in [0.25, 0.3) is 0 Å². The van der Waals surface area contributed by atoms with E-state index in [1.165, 1.54) is 18.4 Å². The van der Waals surface area contributed by atoms with E-state index in [1.807, 2.05) is 6.92 Å².